The SMILES string of the molecule is C/C=C(\C=C(/N)C#N)c1ccc2c3ccccc3c3ccccc3c2c1. The molecule has 0 aliphatic heterocycles. The van der Waals surface area contributed by atoms with E-state index in [2.05, 4.69) is 66.7 Å². The molecule has 0 saturated heterocycles. The van der Waals surface area contributed by atoms with Crippen LogP contribution in [0.4, 0.5) is 0 Å². The van der Waals surface area contributed by atoms with Crippen molar-refractivity contribution < 1.29 is 0 Å². The third-order valence-electron chi connectivity index (χ3n) is 4.83. The highest BCUT2D eigenvalue weighted by atomic mass is 14.6. The van der Waals surface area contributed by atoms with Crippen molar-refractivity contribution in [2.45, 2.75) is 6.92 Å². The number of benzene rings is 4. The first-order valence-electron chi connectivity index (χ1n) is 8.60. The molecule has 26 heavy (non-hydrogen) atoms. The standard InChI is InChI=1S/C24H18N2/c1-2-16(13-18(26)15-25)17-11-12-23-21-9-4-3-7-19(21)20-8-5-6-10-22(20)24(23)14-17/h2-14H,26H2,1H3/b16-2+,18-13-. The molecule has 0 spiro atoms. The minimum absolute atomic E-state index is 0.210. The Hall–Kier alpha value is -3.57. The minimum Gasteiger partial charge on any atom is -0.390 e. The predicted octanol–water partition coefficient (Wildman–Crippen LogP) is 5.92. The molecule has 2 nitrogen and oxygen atoms in total. The molecule has 0 unspecified atom stereocenters. The highest BCUT2D eigenvalue weighted by molar-refractivity contribution is 6.25. The summed E-state index contributed by atoms with van der Waals surface area (Å²) < 4.78 is 0. The van der Waals surface area contributed by atoms with E-state index in [0.717, 1.165) is 11.1 Å². The van der Waals surface area contributed by atoms with Crippen molar-refractivity contribution >= 4 is 37.9 Å². The highest BCUT2D eigenvalue weighted by Gasteiger charge is 2.09. The van der Waals surface area contributed by atoms with Gasteiger partial charge >= 0.3 is 0 Å². The fourth-order valence-electron chi connectivity index (χ4n) is 3.62. The maximum atomic E-state index is 8.99. The van der Waals surface area contributed by atoms with Crippen LogP contribution in [-0.4, -0.2) is 0 Å². The average Bonchev–Trinajstić information content (AvgIpc) is 2.71. The second kappa shape index (κ2) is 6.38. The van der Waals surface area contributed by atoms with Crippen LogP contribution in [-0.2, 0) is 0 Å². The summed E-state index contributed by atoms with van der Waals surface area (Å²) in [6.45, 7) is 1.96. The van der Waals surface area contributed by atoms with Gasteiger partial charge in [-0.3, -0.25) is 0 Å². The molecule has 0 aliphatic rings. The number of fused-ring (bicyclic) bond motifs is 6. The molecule has 0 amide bonds. The molecule has 0 radical (unpaired) electrons. The zero-order chi connectivity index (χ0) is 18.1. The van der Waals surface area contributed by atoms with Gasteiger partial charge in [0, 0.05) is 0 Å². The Morgan fingerprint density at radius 3 is 1.81 bits per heavy atom. The average molecular weight is 334 g/mol. The lowest BCUT2D eigenvalue weighted by Gasteiger charge is -2.12. The minimum atomic E-state index is 0.210. The fourth-order valence-corrected chi connectivity index (χ4v) is 3.62. The summed E-state index contributed by atoms with van der Waals surface area (Å²) in [5, 5.41) is 16.4. The van der Waals surface area contributed by atoms with Crippen LogP contribution in [0.5, 0.6) is 0 Å². The van der Waals surface area contributed by atoms with Gasteiger partial charge in [0.2, 0.25) is 0 Å². The third-order valence-corrected chi connectivity index (χ3v) is 4.83. The van der Waals surface area contributed by atoms with Crippen molar-refractivity contribution in [1.29, 1.82) is 5.26 Å². The number of hydrogen-bond acceptors (Lipinski definition) is 2. The van der Waals surface area contributed by atoms with Crippen LogP contribution in [0.2, 0.25) is 0 Å². The van der Waals surface area contributed by atoms with E-state index >= 15 is 0 Å². The molecule has 4 rings (SSSR count). The van der Waals surface area contributed by atoms with E-state index in [1.165, 1.54) is 32.3 Å². The summed E-state index contributed by atoms with van der Waals surface area (Å²) in [4.78, 5) is 0. The first-order chi connectivity index (χ1) is 12.7. The summed E-state index contributed by atoms with van der Waals surface area (Å²) in [6.07, 6.45) is 3.71. The molecular weight excluding hydrogens is 316 g/mol. The summed E-state index contributed by atoms with van der Waals surface area (Å²) in [6, 6.07) is 25.5. The van der Waals surface area contributed by atoms with Gasteiger partial charge in [-0.2, -0.15) is 5.26 Å². The largest absolute Gasteiger partial charge is 0.390 e. The van der Waals surface area contributed by atoms with E-state index in [0.29, 0.717) is 0 Å². The van der Waals surface area contributed by atoms with Gasteiger partial charge < -0.3 is 5.73 Å². The number of nitrogens with zero attached hydrogens (tertiary/aromatic N) is 1. The molecule has 124 valence electrons. The van der Waals surface area contributed by atoms with E-state index in [1.807, 2.05) is 19.1 Å². The smallest absolute Gasteiger partial charge is 0.117 e. The topological polar surface area (TPSA) is 49.8 Å². The van der Waals surface area contributed by atoms with E-state index in [9.17, 15) is 0 Å². The van der Waals surface area contributed by atoms with Gasteiger partial charge in [0.25, 0.3) is 0 Å². The molecule has 0 aromatic heterocycles. The lowest BCUT2D eigenvalue weighted by atomic mass is 9.92. The Morgan fingerprint density at radius 2 is 1.31 bits per heavy atom. The maximum absolute atomic E-state index is 8.99. The van der Waals surface area contributed by atoms with Crippen LogP contribution in [0, 0.1) is 11.3 Å². The number of nitrogens with two attached hydrogens (primary N) is 1. The van der Waals surface area contributed by atoms with Crippen LogP contribution < -0.4 is 5.73 Å². The van der Waals surface area contributed by atoms with E-state index in [-0.39, 0.29) is 5.70 Å². The Kier molecular flexibility index (Phi) is 3.91. The number of nitriles is 1. The second-order valence-electron chi connectivity index (χ2n) is 6.31. The zero-order valence-corrected chi connectivity index (χ0v) is 14.5. The first-order valence-corrected chi connectivity index (χ1v) is 8.60. The lowest BCUT2D eigenvalue weighted by molar-refractivity contribution is 1.39. The summed E-state index contributed by atoms with van der Waals surface area (Å²) >= 11 is 0. The van der Waals surface area contributed by atoms with Gasteiger partial charge in [-0.25, -0.2) is 0 Å². The van der Waals surface area contributed by atoms with Crippen molar-refractivity contribution in [3.8, 4) is 6.07 Å². The molecule has 0 bridgehead atoms. The number of allylic oxidation sites excluding steroid dienone is 4. The third kappa shape index (κ3) is 2.51. The van der Waals surface area contributed by atoms with E-state index < -0.39 is 0 Å². The Balaban J connectivity index is 2.10. The van der Waals surface area contributed by atoms with Crippen LogP contribution in [0.1, 0.15) is 12.5 Å². The molecule has 0 aliphatic carbocycles. The van der Waals surface area contributed by atoms with Crippen molar-refractivity contribution in [1.82, 2.24) is 0 Å². The van der Waals surface area contributed by atoms with Crippen LogP contribution in [0.15, 0.2) is 84.6 Å². The quantitative estimate of drug-likeness (QED) is 0.281. The summed E-state index contributed by atoms with van der Waals surface area (Å²) in [7, 11) is 0. The number of hydrogen-bond donors (Lipinski definition) is 1. The molecule has 4 aromatic carbocycles. The monoisotopic (exact) mass is 334 g/mol. The van der Waals surface area contributed by atoms with Gasteiger partial charge in [0.05, 0.1) is 0 Å². The molecule has 2 heteroatoms. The van der Waals surface area contributed by atoms with Crippen LogP contribution >= 0.6 is 0 Å². The van der Waals surface area contributed by atoms with Gasteiger partial charge in [-0.15, -0.1) is 0 Å². The molecule has 0 fully saturated rings. The van der Waals surface area contributed by atoms with Crippen molar-refractivity contribution in [3.63, 3.8) is 0 Å². The van der Waals surface area contributed by atoms with Gasteiger partial charge in [0.15, 0.2) is 0 Å². The van der Waals surface area contributed by atoms with Gasteiger partial charge in [-0.1, -0.05) is 66.7 Å². The fraction of sp³-hybridized carbons (Fsp3) is 0.0417. The van der Waals surface area contributed by atoms with Crippen LogP contribution in [0.25, 0.3) is 37.9 Å². The Labute approximate surface area is 152 Å². The zero-order valence-electron chi connectivity index (χ0n) is 14.5. The summed E-state index contributed by atoms with van der Waals surface area (Å²) in [5.41, 5.74) is 7.93. The van der Waals surface area contributed by atoms with Gasteiger partial charge in [0.1, 0.15) is 11.8 Å². The summed E-state index contributed by atoms with van der Waals surface area (Å²) in [5.74, 6) is 0. The molecular formula is C24H18N2. The van der Waals surface area contributed by atoms with Crippen molar-refractivity contribution in [3.05, 3.63) is 90.1 Å². The van der Waals surface area contributed by atoms with Crippen molar-refractivity contribution in [2.75, 3.05) is 0 Å². The highest BCUT2D eigenvalue weighted by Crippen LogP contribution is 2.36. The molecule has 0 atom stereocenters. The normalized spacial score (nSPS) is 12.6. The Bertz CT molecular complexity index is 1220. The second-order valence-corrected chi connectivity index (χ2v) is 6.31. The number of rotatable bonds is 2. The van der Waals surface area contributed by atoms with Crippen molar-refractivity contribution in [2.24, 2.45) is 5.73 Å². The molecule has 0 heterocycles. The predicted molar refractivity (Wildman–Crippen MR) is 110 cm³/mol. The lowest BCUT2D eigenvalue weighted by Crippen LogP contribution is -1.94. The maximum Gasteiger partial charge on any atom is 0.117 e. The molecule has 0 saturated carbocycles. The first kappa shape index (κ1) is 15.9. The van der Waals surface area contributed by atoms with E-state index in [4.69, 9.17) is 11.0 Å². The molecule has 4 aromatic rings. The Morgan fingerprint density at radius 1 is 0.808 bits per heavy atom. The van der Waals surface area contributed by atoms with Crippen LogP contribution in [0.3, 0.4) is 0 Å². The molecule has 2 N–H and O–H groups in total. The van der Waals surface area contributed by atoms with Gasteiger partial charge in [-0.05, 0) is 62.5 Å². The van der Waals surface area contributed by atoms with E-state index in [1.54, 1.807) is 6.08 Å².